The first kappa shape index (κ1) is 6.86. The lowest BCUT2D eigenvalue weighted by Crippen LogP contribution is -1.74. The molecule has 1 aliphatic rings. The zero-order valence-electron chi connectivity index (χ0n) is 6.29. The van der Waals surface area contributed by atoms with Crippen molar-refractivity contribution in [2.75, 3.05) is 0 Å². The highest BCUT2D eigenvalue weighted by molar-refractivity contribution is 7.11. The van der Waals surface area contributed by atoms with Gasteiger partial charge >= 0.3 is 0 Å². The average Bonchev–Trinajstić information content (AvgIpc) is 2.35. The van der Waals surface area contributed by atoms with Crippen molar-refractivity contribution in [2.45, 2.75) is 12.8 Å². The Morgan fingerprint density at radius 1 is 1.09 bits per heavy atom. The summed E-state index contributed by atoms with van der Waals surface area (Å²) in [5.74, 6) is 0. The molecule has 0 nitrogen and oxygen atoms in total. The summed E-state index contributed by atoms with van der Waals surface area (Å²) in [6, 6.07) is 2.17. The van der Waals surface area contributed by atoms with Crippen LogP contribution in [-0.2, 0) is 0 Å². The Hall–Kier alpha value is -0.820. The van der Waals surface area contributed by atoms with E-state index in [9.17, 15) is 0 Å². The van der Waals surface area contributed by atoms with Crippen molar-refractivity contribution in [1.82, 2.24) is 0 Å². The van der Waals surface area contributed by atoms with Crippen molar-refractivity contribution in [3.8, 4) is 0 Å². The maximum Gasteiger partial charge on any atom is 0.0339 e. The van der Waals surface area contributed by atoms with Gasteiger partial charge in [0.05, 0.1) is 0 Å². The van der Waals surface area contributed by atoms with E-state index >= 15 is 0 Å². The fourth-order valence-corrected chi connectivity index (χ4v) is 2.01. The van der Waals surface area contributed by atoms with E-state index in [0.717, 1.165) is 0 Å². The zero-order chi connectivity index (χ0) is 7.52. The molecule has 1 aromatic rings. The molecule has 0 unspecified atom stereocenters. The molecule has 56 valence electrons. The molecule has 0 atom stereocenters. The van der Waals surface area contributed by atoms with Gasteiger partial charge < -0.3 is 0 Å². The predicted octanol–water partition coefficient (Wildman–Crippen LogP) is 3.57. The molecular weight excluding hydrogens is 152 g/mol. The Kier molecular flexibility index (Phi) is 1.91. The number of hydrogen-bond acceptors (Lipinski definition) is 1. The third-order valence-corrected chi connectivity index (χ3v) is 2.69. The van der Waals surface area contributed by atoms with Crippen LogP contribution in [0.1, 0.15) is 23.3 Å². The number of allylic oxidation sites excluding steroid dienone is 2. The Balaban J connectivity index is 2.44. The smallest absolute Gasteiger partial charge is 0.0339 e. The lowest BCUT2D eigenvalue weighted by molar-refractivity contribution is 1.06. The highest BCUT2D eigenvalue weighted by Crippen LogP contribution is 2.22. The van der Waals surface area contributed by atoms with Gasteiger partial charge in [0, 0.05) is 4.88 Å². The van der Waals surface area contributed by atoms with Gasteiger partial charge in [0.1, 0.15) is 0 Å². The molecule has 0 saturated heterocycles. The predicted molar refractivity (Wildman–Crippen MR) is 51.6 cm³/mol. The largest absolute Gasteiger partial charge is 0.144 e. The molecule has 0 radical (unpaired) electrons. The molecule has 2 rings (SSSR count). The minimum absolute atomic E-state index is 1.17. The average molecular weight is 162 g/mol. The van der Waals surface area contributed by atoms with Crippen LogP contribution >= 0.6 is 11.3 Å². The summed E-state index contributed by atoms with van der Waals surface area (Å²) in [7, 11) is 0. The van der Waals surface area contributed by atoms with Crippen LogP contribution in [0.3, 0.4) is 0 Å². The van der Waals surface area contributed by atoms with E-state index in [-0.39, 0.29) is 0 Å². The Morgan fingerprint density at radius 3 is 2.82 bits per heavy atom. The highest BCUT2D eigenvalue weighted by atomic mass is 32.1. The van der Waals surface area contributed by atoms with Gasteiger partial charge in [0.15, 0.2) is 0 Å². The van der Waals surface area contributed by atoms with E-state index in [4.69, 9.17) is 0 Å². The minimum Gasteiger partial charge on any atom is -0.144 e. The van der Waals surface area contributed by atoms with E-state index in [2.05, 4.69) is 35.8 Å². The molecule has 0 saturated carbocycles. The zero-order valence-corrected chi connectivity index (χ0v) is 7.10. The highest BCUT2D eigenvalue weighted by Gasteiger charge is 1.97. The molecule has 0 bridgehead atoms. The molecule has 1 aliphatic carbocycles. The summed E-state index contributed by atoms with van der Waals surface area (Å²) in [6.07, 6.45) is 11.3. The van der Waals surface area contributed by atoms with E-state index in [1.807, 2.05) is 11.3 Å². The van der Waals surface area contributed by atoms with Crippen molar-refractivity contribution >= 4 is 23.5 Å². The number of thiophene rings is 1. The van der Waals surface area contributed by atoms with Gasteiger partial charge in [0.25, 0.3) is 0 Å². The van der Waals surface area contributed by atoms with Gasteiger partial charge in [-0.2, -0.15) is 0 Å². The van der Waals surface area contributed by atoms with Gasteiger partial charge in [-0.25, -0.2) is 0 Å². The summed E-state index contributed by atoms with van der Waals surface area (Å²) >= 11 is 1.81. The van der Waals surface area contributed by atoms with E-state index in [1.54, 1.807) is 0 Å². The lowest BCUT2D eigenvalue weighted by Gasteiger charge is -1.95. The summed E-state index contributed by atoms with van der Waals surface area (Å²) in [4.78, 5) is 1.39. The first-order valence-corrected chi connectivity index (χ1v) is 4.75. The quantitative estimate of drug-likeness (QED) is 0.547. The number of rotatable bonds is 0. The maximum atomic E-state index is 2.25. The summed E-state index contributed by atoms with van der Waals surface area (Å²) < 4.78 is 0. The molecule has 0 aromatic carbocycles. The topological polar surface area (TPSA) is 0 Å². The summed E-state index contributed by atoms with van der Waals surface area (Å²) in [6.45, 7) is 0. The molecule has 0 aliphatic heterocycles. The van der Waals surface area contributed by atoms with Crippen molar-refractivity contribution in [3.05, 3.63) is 34.0 Å². The van der Waals surface area contributed by atoms with Gasteiger partial charge in [-0.05, 0) is 35.9 Å². The molecule has 1 aromatic heterocycles. The Bertz CT molecular complexity index is 263. The van der Waals surface area contributed by atoms with Gasteiger partial charge in [0.2, 0.25) is 0 Å². The molecule has 1 heteroatoms. The maximum absolute atomic E-state index is 2.25. The van der Waals surface area contributed by atoms with Crippen LogP contribution in [0.25, 0.3) is 12.2 Å². The number of hydrogen-bond donors (Lipinski definition) is 0. The van der Waals surface area contributed by atoms with Crippen LogP contribution in [-0.4, -0.2) is 0 Å². The van der Waals surface area contributed by atoms with Crippen molar-refractivity contribution in [2.24, 2.45) is 0 Å². The Labute approximate surface area is 70.9 Å². The summed E-state index contributed by atoms with van der Waals surface area (Å²) in [5.41, 5.74) is 1.37. The molecular formula is C10H10S. The molecule has 1 heterocycles. The van der Waals surface area contributed by atoms with Crippen LogP contribution in [0.2, 0.25) is 0 Å². The normalized spacial score (nSPS) is 15.6. The number of fused-ring (bicyclic) bond motifs is 1. The van der Waals surface area contributed by atoms with Crippen LogP contribution in [0, 0.1) is 0 Å². The molecule has 0 spiro atoms. The third-order valence-electron chi connectivity index (χ3n) is 1.79. The second-order valence-corrected chi connectivity index (χ2v) is 3.57. The lowest BCUT2D eigenvalue weighted by atomic mass is 10.1. The molecule has 0 N–H and O–H groups in total. The third kappa shape index (κ3) is 1.43. The standard InChI is InChI=1S/C10H10S/c1-2-4-6-10-9(5-3-1)7-8-11-10/h3-8H,1-2H2. The molecule has 0 amide bonds. The van der Waals surface area contributed by atoms with Gasteiger partial charge in [-0.15, -0.1) is 11.3 Å². The summed E-state index contributed by atoms with van der Waals surface area (Å²) in [5, 5.41) is 2.14. The molecule has 0 fully saturated rings. The second-order valence-electron chi connectivity index (χ2n) is 2.62. The van der Waals surface area contributed by atoms with Crippen LogP contribution in [0.15, 0.2) is 23.6 Å². The Morgan fingerprint density at radius 2 is 1.91 bits per heavy atom. The SMILES string of the molecule is C1=Cc2ccsc2C=CCC1. The first-order chi connectivity index (χ1) is 5.47. The van der Waals surface area contributed by atoms with Crippen molar-refractivity contribution < 1.29 is 0 Å². The second kappa shape index (κ2) is 3.05. The van der Waals surface area contributed by atoms with Gasteiger partial charge in [-0.3, -0.25) is 0 Å². The fourth-order valence-electron chi connectivity index (χ4n) is 1.20. The monoisotopic (exact) mass is 162 g/mol. The van der Waals surface area contributed by atoms with Crippen LogP contribution < -0.4 is 0 Å². The fraction of sp³-hybridized carbons (Fsp3) is 0.200. The minimum atomic E-state index is 1.17. The van der Waals surface area contributed by atoms with Crippen LogP contribution in [0.5, 0.6) is 0 Å². The van der Waals surface area contributed by atoms with Gasteiger partial charge in [-0.1, -0.05) is 18.2 Å². The van der Waals surface area contributed by atoms with E-state index in [0.29, 0.717) is 0 Å². The van der Waals surface area contributed by atoms with Crippen molar-refractivity contribution in [1.29, 1.82) is 0 Å². The first-order valence-electron chi connectivity index (χ1n) is 3.87. The van der Waals surface area contributed by atoms with E-state index in [1.165, 1.54) is 23.3 Å². The van der Waals surface area contributed by atoms with E-state index < -0.39 is 0 Å². The van der Waals surface area contributed by atoms with Crippen molar-refractivity contribution in [3.63, 3.8) is 0 Å². The molecule has 11 heavy (non-hydrogen) atoms. The van der Waals surface area contributed by atoms with Crippen LogP contribution in [0.4, 0.5) is 0 Å².